The average molecular weight is 310 g/mol. The van der Waals surface area contributed by atoms with Gasteiger partial charge in [-0.1, -0.05) is 18.2 Å². The minimum absolute atomic E-state index is 0.0537. The summed E-state index contributed by atoms with van der Waals surface area (Å²) < 4.78 is 15.0. The Morgan fingerprint density at radius 2 is 1.32 bits per heavy atom. The van der Waals surface area contributed by atoms with Crippen molar-refractivity contribution < 1.29 is 28.6 Å². The van der Waals surface area contributed by atoms with Gasteiger partial charge in [0, 0.05) is 24.6 Å². The summed E-state index contributed by atoms with van der Waals surface area (Å²) in [5, 5.41) is 0. The summed E-state index contributed by atoms with van der Waals surface area (Å²) in [4.78, 5) is 33.9. The van der Waals surface area contributed by atoms with E-state index in [9.17, 15) is 14.4 Å². The highest BCUT2D eigenvalue weighted by Crippen LogP contribution is 2.03. The van der Waals surface area contributed by atoms with Gasteiger partial charge in [0.1, 0.15) is 12.7 Å². The molecule has 0 saturated carbocycles. The van der Waals surface area contributed by atoms with Crippen molar-refractivity contribution in [3.63, 3.8) is 0 Å². The van der Waals surface area contributed by atoms with E-state index in [1.54, 1.807) is 32.9 Å². The van der Waals surface area contributed by atoms with Crippen LogP contribution in [0.25, 0.3) is 0 Å². The molecule has 122 valence electrons. The number of carbonyl (C=O) groups is 3. The van der Waals surface area contributed by atoms with Crippen LogP contribution in [-0.4, -0.2) is 37.2 Å². The Bertz CT molecular complexity index is 448. The fourth-order valence-corrected chi connectivity index (χ4v) is 1.35. The van der Waals surface area contributed by atoms with Gasteiger partial charge < -0.3 is 14.2 Å². The number of rotatable bonds is 9. The Kier molecular flexibility index (Phi) is 11.0. The maximum Gasteiger partial charge on any atom is 0.330 e. The second-order valence-electron chi connectivity index (χ2n) is 4.15. The Morgan fingerprint density at radius 1 is 0.818 bits per heavy atom. The molecule has 0 radical (unpaired) electrons. The molecule has 0 aliphatic carbocycles. The lowest BCUT2D eigenvalue weighted by molar-refractivity contribution is -0.154. The third-order valence-electron chi connectivity index (χ3n) is 2.29. The summed E-state index contributed by atoms with van der Waals surface area (Å²) in [6.45, 7) is 5.02. The van der Waals surface area contributed by atoms with Gasteiger partial charge in [-0.2, -0.15) is 0 Å². The van der Waals surface area contributed by atoms with E-state index >= 15 is 0 Å². The molecule has 0 bridgehead atoms. The molecule has 0 saturated heterocycles. The van der Waals surface area contributed by atoms with Crippen molar-refractivity contribution in [2.45, 2.75) is 33.3 Å². The van der Waals surface area contributed by atoms with Gasteiger partial charge in [0.15, 0.2) is 0 Å². The van der Waals surface area contributed by atoms with Crippen molar-refractivity contribution in [2.75, 3.05) is 13.2 Å². The highest BCUT2D eigenvalue weighted by atomic mass is 16.6. The van der Waals surface area contributed by atoms with E-state index in [4.69, 9.17) is 14.2 Å². The first-order valence-corrected chi connectivity index (χ1v) is 6.95. The van der Waals surface area contributed by atoms with Gasteiger partial charge in [-0.05, 0) is 20.8 Å². The van der Waals surface area contributed by atoms with E-state index in [1.807, 2.05) is 0 Å². The summed E-state index contributed by atoms with van der Waals surface area (Å²) in [6.07, 6.45) is 7.99. The fourth-order valence-electron chi connectivity index (χ4n) is 1.35. The molecule has 0 aliphatic heterocycles. The molecule has 0 N–H and O–H groups in total. The number of carbonyl (C=O) groups excluding carboxylic acids is 3. The zero-order valence-electron chi connectivity index (χ0n) is 13.1. The van der Waals surface area contributed by atoms with Crippen LogP contribution in [0.15, 0.2) is 36.5 Å². The molecule has 0 aromatic rings. The first kappa shape index (κ1) is 19.6. The van der Waals surface area contributed by atoms with E-state index in [-0.39, 0.29) is 19.6 Å². The summed E-state index contributed by atoms with van der Waals surface area (Å²) >= 11 is 0. The Morgan fingerprint density at radius 3 is 1.86 bits per heavy atom. The predicted octanol–water partition coefficient (Wildman–Crippen LogP) is 2.10. The quantitative estimate of drug-likeness (QED) is 0.369. The number of hydrogen-bond donors (Lipinski definition) is 0. The number of allylic oxidation sites excluding steroid dienone is 3. The molecule has 0 fully saturated rings. The van der Waals surface area contributed by atoms with Crippen LogP contribution < -0.4 is 0 Å². The van der Waals surface area contributed by atoms with Gasteiger partial charge in [-0.3, -0.25) is 0 Å². The molecule has 0 heterocycles. The normalized spacial score (nSPS) is 12.7. The standard InChI is InChI=1S/C16H22O6/c1-4-7-14(17)20-11-10-13(22-16(19)9-6-3)12-21-15(18)8-5-2/h4-9,13H,10-12H2,1-3H3/b7-4-,8-5-,9-6-. The van der Waals surface area contributed by atoms with Crippen molar-refractivity contribution in [3.05, 3.63) is 36.5 Å². The second kappa shape index (κ2) is 12.4. The predicted molar refractivity (Wildman–Crippen MR) is 80.9 cm³/mol. The van der Waals surface area contributed by atoms with Crippen LogP contribution in [0.1, 0.15) is 27.2 Å². The van der Waals surface area contributed by atoms with Gasteiger partial charge in [0.05, 0.1) is 6.61 Å². The molecular weight excluding hydrogens is 288 g/mol. The van der Waals surface area contributed by atoms with Crippen molar-refractivity contribution in [3.8, 4) is 0 Å². The lowest BCUT2D eigenvalue weighted by Crippen LogP contribution is -2.26. The first-order chi connectivity index (χ1) is 10.5. The smallest absolute Gasteiger partial charge is 0.330 e. The molecule has 0 rings (SSSR count). The summed E-state index contributed by atoms with van der Waals surface area (Å²) in [6, 6.07) is 0. The molecule has 0 amide bonds. The van der Waals surface area contributed by atoms with Crippen molar-refractivity contribution in [2.24, 2.45) is 0 Å². The molecule has 1 atom stereocenters. The molecule has 0 aromatic heterocycles. The topological polar surface area (TPSA) is 78.9 Å². The first-order valence-electron chi connectivity index (χ1n) is 6.95. The largest absolute Gasteiger partial charge is 0.462 e. The number of ether oxygens (including phenoxy) is 3. The summed E-state index contributed by atoms with van der Waals surface area (Å²) in [7, 11) is 0. The number of esters is 3. The SMILES string of the molecule is C/C=C\C(=O)OCCC(COC(=O)/C=C\C)OC(=O)/C=C\C. The van der Waals surface area contributed by atoms with E-state index in [1.165, 1.54) is 24.3 Å². The van der Waals surface area contributed by atoms with Gasteiger partial charge in [-0.15, -0.1) is 0 Å². The molecule has 22 heavy (non-hydrogen) atoms. The highest BCUT2D eigenvalue weighted by Gasteiger charge is 2.16. The lowest BCUT2D eigenvalue weighted by atomic mass is 10.3. The van der Waals surface area contributed by atoms with Crippen LogP contribution >= 0.6 is 0 Å². The molecular formula is C16H22O6. The van der Waals surface area contributed by atoms with E-state index in [0.717, 1.165) is 0 Å². The van der Waals surface area contributed by atoms with Crippen LogP contribution in [-0.2, 0) is 28.6 Å². The van der Waals surface area contributed by atoms with E-state index in [0.29, 0.717) is 0 Å². The lowest BCUT2D eigenvalue weighted by Gasteiger charge is -2.16. The third kappa shape index (κ3) is 10.4. The van der Waals surface area contributed by atoms with E-state index in [2.05, 4.69) is 0 Å². The van der Waals surface area contributed by atoms with Gasteiger partial charge >= 0.3 is 17.9 Å². The van der Waals surface area contributed by atoms with Gasteiger partial charge in [-0.25, -0.2) is 14.4 Å². The summed E-state index contributed by atoms with van der Waals surface area (Å²) in [5.41, 5.74) is 0. The molecule has 6 nitrogen and oxygen atoms in total. The van der Waals surface area contributed by atoms with Gasteiger partial charge in [0.25, 0.3) is 0 Å². The highest BCUT2D eigenvalue weighted by molar-refractivity contribution is 5.83. The molecule has 0 spiro atoms. The molecule has 0 aliphatic rings. The van der Waals surface area contributed by atoms with Gasteiger partial charge in [0.2, 0.25) is 0 Å². The van der Waals surface area contributed by atoms with Crippen molar-refractivity contribution >= 4 is 17.9 Å². The summed E-state index contributed by atoms with van der Waals surface area (Å²) in [5.74, 6) is -1.55. The van der Waals surface area contributed by atoms with Crippen LogP contribution in [0.4, 0.5) is 0 Å². The molecule has 0 aromatic carbocycles. The van der Waals surface area contributed by atoms with E-state index < -0.39 is 24.0 Å². The Labute approximate surface area is 130 Å². The third-order valence-corrected chi connectivity index (χ3v) is 2.29. The monoisotopic (exact) mass is 310 g/mol. The second-order valence-corrected chi connectivity index (χ2v) is 4.15. The van der Waals surface area contributed by atoms with Crippen molar-refractivity contribution in [1.82, 2.24) is 0 Å². The van der Waals surface area contributed by atoms with Crippen LogP contribution in [0, 0.1) is 0 Å². The fraction of sp³-hybridized carbons (Fsp3) is 0.438. The zero-order valence-corrected chi connectivity index (χ0v) is 13.1. The maximum absolute atomic E-state index is 11.4. The number of hydrogen-bond acceptors (Lipinski definition) is 6. The molecule has 6 heteroatoms. The zero-order chi connectivity index (χ0) is 16.8. The minimum atomic E-state index is -0.684. The van der Waals surface area contributed by atoms with Crippen molar-refractivity contribution in [1.29, 1.82) is 0 Å². The average Bonchev–Trinajstić information content (AvgIpc) is 2.45. The van der Waals surface area contributed by atoms with Crippen LogP contribution in [0.5, 0.6) is 0 Å². The maximum atomic E-state index is 11.4. The van der Waals surface area contributed by atoms with Crippen LogP contribution in [0.2, 0.25) is 0 Å². The Balaban J connectivity index is 4.41. The Hall–Kier alpha value is -2.37. The van der Waals surface area contributed by atoms with Crippen LogP contribution in [0.3, 0.4) is 0 Å². The molecule has 1 unspecified atom stereocenters. The minimum Gasteiger partial charge on any atom is -0.462 e.